The van der Waals surface area contributed by atoms with Crippen molar-refractivity contribution in [3.05, 3.63) is 69.3 Å². The quantitative estimate of drug-likeness (QED) is 0.465. The van der Waals surface area contributed by atoms with Crippen LogP contribution in [0.5, 0.6) is 11.5 Å². The van der Waals surface area contributed by atoms with Crippen LogP contribution in [0.15, 0.2) is 52.6 Å². The predicted octanol–water partition coefficient (Wildman–Crippen LogP) is 3.50. The number of aromatic carboxylic acids is 1. The van der Waals surface area contributed by atoms with E-state index in [2.05, 4.69) is 10.3 Å². The van der Waals surface area contributed by atoms with Crippen molar-refractivity contribution in [3.63, 3.8) is 0 Å². The molecule has 1 amide bonds. The third kappa shape index (κ3) is 3.80. The number of amides is 1. The van der Waals surface area contributed by atoms with Crippen molar-refractivity contribution in [2.24, 2.45) is 0 Å². The molecule has 0 saturated heterocycles. The highest BCUT2D eigenvalue weighted by Crippen LogP contribution is 2.34. The molecule has 0 bridgehead atoms. The Balaban J connectivity index is 1.57. The van der Waals surface area contributed by atoms with Crippen LogP contribution >= 0.6 is 11.3 Å². The van der Waals surface area contributed by atoms with Gasteiger partial charge in [0, 0.05) is 22.7 Å². The fourth-order valence-corrected chi connectivity index (χ4v) is 4.55. The van der Waals surface area contributed by atoms with Crippen molar-refractivity contribution >= 4 is 39.1 Å². The number of rotatable bonds is 5. The van der Waals surface area contributed by atoms with Crippen LogP contribution in [-0.2, 0) is 11.3 Å². The number of anilines is 1. The molecule has 0 spiro atoms. The van der Waals surface area contributed by atoms with Crippen LogP contribution in [0.25, 0.3) is 21.6 Å². The van der Waals surface area contributed by atoms with Gasteiger partial charge in [0.25, 0.3) is 5.56 Å². The summed E-state index contributed by atoms with van der Waals surface area (Å²) in [7, 11) is 0. The summed E-state index contributed by atoms with van der Waals surface area (Å²) in [5.41, 5.74) is 1.36. The number of hydrogen-bond donors (Lipinski definition) is 2. The van der Waals surface area contributed by atoms with E-state index >= 15 is 0 Å². The number of carbonyl (C=O) groups is 2. The van der Waals surface area contributed by atoms with Crippen LogP contribution in [0.2, 0.25) is 0 Å². The topological polar surface area (TPSA) is 120 Å². The highest BCUT2D eigenvalue weighted by Gasteiger charge is 2.22. The van der Waals surface area contributed by atoms with Crippen molar-refractivity contribution in [2.75, 3.05) is 12.1 Å². The molecule has 3 heterocycles. The predicted molar refractivity (Wildman–Crippen MR) is 122 cm³/mol. The van der Waals surface area contributed by atoms with Gasteiger partial charge in [0.15, 0.2) is 11.5 Å². The summed E-state index contributed by atoms with van der Waals surface area (Å²) < 4.78 is 11.8. The molecule has 2 N–H and O–H groups in total. The van der Waals surface area contributed by atoms with Gasteiger partial charge in [-0.1, -0.05) is 23.8 Å². The Hall–Kier alpha value is -4.18. The molecule has 2 aromatic carbocycles. The Morgan fingerprint density at radius 2 is 2.00 bits per heavy atom. The van der Waals surface area contributed by atoms with Gasteiger partial charge in [-0.05, 0) is 25.1 Å². The third-order valence-corrected chi connectivity index (χ3v) is 6.03. The number of aryl methyl sites for hydroxylation is 1. The Labute approximate surface area is 190 Å². The summed E-state index contributed by atoms with van der Waals surface area (Å²) in [4.78, 5) is 42.8. The maximum Gasteiger partial charge on any atom is 0.337 e. The highest BCUT2D eigenvalue weighted by atomic mass is 32.1. The number of carbonyl (C=O) groups excluding carboxylic acids is 1. The molecule has 0 aliphatic carbocycles. The maximum atomic E-state index is 13.4. The van der Waals surface area contributed by atoms with Crippen LogP contribution in [-0.4, -0.2) is 33.3 Å². The van der Waals surface area contributed by atoms with E-state index in [-0.39, 0.29) is 30.1 Å². The van der Waals surface area contributed by atoms with Gasteiger partial charge >= 0.3 is 5.97 Å². The number of hydrogen-bond acceptors (Lipinski definition) is 7. The van der Waals surface area contributed by atoms with Gasteiger partial charge in [-0.15, -0.1) is 11.3 Å². The lowest BCUT2D eigenvalue weighted by Crippen LogP contribution is -2.30. The Bertz CT molecular complexity index is 1490. The average Bonchev–Trinajstić information content (AvgIpc) is 3.42. The zero-order chi connectivity index (χ0) is 23.1. The summed E-state index contributed by atoms with van der Waals surface area (Å²) in [6.45, 7) is 1.67. The molecule has 9 nitrogen and oxygen atoms in total. The van der Waals surface area contributed by atoms with Gasteiger partial charge in [-0.2, -0.15) is 0 Å². The van der Waals surface area contributed by atoms with Crippen molar-refractivity contribution in [1.82, 2.24) is 9.55 Å². The monoisotopic (exact) mass is 463 g/mol. The summed E-state index contributed by atoms with van der Waals surface area (Å²) in [6, 6.07) is 12.4. The molecule has 166 valence electrons. The molecule has 1 aliphatic heterocycles. The van der Waals surface area contributed by atoms with Crippen molar-refractivity contribution < 1.29 is 24.2 Å². The Kier molecular flexibility index (Phi) is 5.06. The number of nitrogens with zero attached hydrogens (tertiary/aromatic N) is 2. The minimum Gasteiger partial charge on any atom is -0.478 e. The first-order valence-electron chi connectivity index (χ1n) is 9.92. The number of carboxylic acids is 1. The molecule has 2 aromatic heterocycles. The van der Waals surface area contributed by atoms with Gasteiger partial charge in [-0.25, -0.2) is 9.78 Å². The average molecular weight is 463 g/mol. The smallest absolute Gasteiger partial charge is 0.337 e. The maximum absolute atomic E-state index is 13.4. The fraction of sp³-hybridized carbons (Fsp3) is 0.130. The molecule has 10 heteroatoms. The van der Waals surface area contributed by atoms with E-state index in [0.29, 0.717) is 27.6 Å². The van der Waals surface area contributed by atoms with Crippen LogP contribution in [0.1, 0.15) is 15.9 Å². The first-order valence-corrected chi connectivity index (χ1v) is 10.8. The first-order chi connectivity index (χ1) is 15.9. The van der Waals surface area contributed by atoms with E-state index in [1.165, 1.54) is 9.95 Å². The zero-order valence-electron chi connectivity index (χ0n) is 17.3. The molecule has 0 saturated carbocycles. The second-order valence-corrected chi connectivity index (χ2v) is 8.31. The summed E-state index contributed by atoms with van der Waals surface area (Å²) >= 11 is 1.08. The lowest BCUT2D eigenvalue weighted by molar-refractivity contribution is -0.116. The van der Waals surface area contributed by atoms with E-state index in [1.807, 2.05) is 25.1 Å². The lowest BCUT2D eigenvalue weighted by atomic mass is 10.1. The Morgan fingerprint density at radius 1 is 1.18 bits per heavy atom. The normalized spacial score (nSPS) is 12.2. The van der Waals surface area contributed by atoms with E-state index in [1.54, 1.807) is 24.3 Å². The Morgan fingerprint density at radius 3 is 2.79 bits per heavy atom. The molecule has 0 fully saturated rings. The molecule has 1 aliphatic rings. The zero-order valence-corrected chi connectivity index (χ0v) is 18.1. The number of fused-ring (bicyclic) bond motifs is 2. The standard InChI is InChI=1S/C23H17N3O6S/c1-12-3-2-4-13(7-12)20-25-21-19(15(10-33-21)23(29)30)22(28)26(20)9-18(27)24-14-5-6-16-17(8-14)32-11-31-16/h2-8,10H,9,11H2,1H3,(H,24,27)(H,29,30). The van der Waals surface area contributed by atoms with Crippen LogP contribution in [0.3, 0.4) is 0 Å². The minimum absolute atomic E-state index is 0.0141. The van der Waals surface area contributed by atoms with E-state index in [9.17, 15) is 19.5 Å². The van der Waals surface area contributed by atoms with Gasteiger partial charge < -0.3 is 19.9 Å². The van der Waals surface area contributed by atoms with Crippen LogP contribution in [0, 0.1) is 6.92 Å². The second kappa shape index (κ2) is 8.06. The minimum atomic E-state index is -1.22. The molecule has 4 aromatic rings. The van der Waals surface area contributed by atoms with Crippen molar-refractivity contribution in [1.29, 1.82) is 0 Å². The number of nitrogens with one attached hydrogen (secondary N) is 1. The summed E-state index contributed by atoms with van der Waals surface area (Å²) in [5, 5.41) is 13.6. The molecular formula is C23H17N3O6S. The highest BCUT2D eigenvalue weighted by molar-refractivity contribution is 7.17. The molecule has 0 atom stereocenters. The fourth-order valence-electron chi connectivity index (χ4n) is 3.65. The third-order valence-electron chi connectivity index (χ3n) is 5.16. The van der Waals surface area contributed by atoms with Crippen LogP contribution < -0.4 is 20.3 Å². The van der Waals surface area contributed by atoms with E-state index in [0.717, 1.165) is 16.9 Å². The molecule has 33 heavy (non-hydrogen) atoms. The number of thiophene rings is 1. The van der Waals surface area contributed by atoms with Gasteiger partial charge in [0.2, 0.25) is 12.7 Å². The number of aromatic nitrogens is 2. The van der Waals surface area contributed by atoms with Crippen molar-refractivity contribution in [2.45, 2.75) is 13.5 Å². The molecule has 5 rings (SSSR count). The lowest BCUT2D eigenvalue weighted by Gasteiger charge is -2.13. The van der Waals surface area contributed by atoms with Crippen molar-refractivity contribution in [3.8, 4) is 22.9 Å². The van der Waals surface area contributed by atoms with E-state index < -0.39 is 17.4 Å². The van der Waals surface area contributed by atoms with Gasteiger partial charge in [0.05, 0.1) is 10.9 Å². The van der Waals surface area contributed by atoms with Gasteiger partial charge in [-0.3, -0.25) is 14.2 Å². The molecule has 0 radical (unpaired) electrons. The summed E-state index contributed by atoms with van der Waals surface area (Å²) in [5.74, 6) is -0.314. The number of benzene rings is 2. The molecular weight excluding hydrogens is 446 g/mol. The SMILES string of the molecule is Cc1cccc(-c2nc3scc(C(=O)O)c3c(=O)n2CC(=O)Nc2ccc3c(c2)OCO3)c1. The number of carboxylic acid groups (broad SMARTS) is 1. The largest absolute Gasteiger partial charge is 0.478 e. The first kappa shape index (κ1) is 20.7. The van der Waals surface area contributed by atoms with Crippen LogP contribution in [0.4, 0.5) is 5.69 Å². The summed E-state index contributed by atoms with van der Waals surface area (Å²) in [6.07, 6.45) is 0. The van der Waals surface area contributed by atoms with E-state index in [4.69, 9.17) is 9.47 Å². The van der Waals surface area contributed by atoms with Gasteiger partial charge in [0.1, 0.15) is 17.2 Å². The molecule has 0 unspecified atom stereocenters. The number of ether oxygens (including phenoxy) is 2. The second-order valence-electron chi connectivity index (χ2n) is 7.45.